The van der Waals surface area contributed by atoms with Crippen molar-refractivity contribution in [1.82, 2.24) is 21.3 Å². The van der Waals surface area contributed by atoms with Gasteiger partial charge in [-0.2, -0.15) is 24.9 Å². The number of aliphatic hydroxyl groups is 1. The predicted octanol–water partition coefficient (Wildman–Crippen LogP) is 3.15. The van der Waals surface area contributed by atoms with Crippen molar-refractivity contribution in [1.29, 1.82) is 0 Å². The highest BCUT2D eigenvalue weighted by molar-refractivity contribution is 7.98. The fourth-order valence-corrected chi connectivity index (χ4v) is 5.72. The molecule has 0 bridgehead atoms. The minimum Gasteiger partial charge on any atom is -0.382 e. The molecule has 0 saturated heterocycles. The number of halogens is 3. The molecule has 0 aliphatic heterocycles. The van der Waals surface area contributed by atoms with Gasteiger partial charge < -0.3 is 36.9 Å². The normalized spacial score (nSPS) is 14.9. The lowest BCUT2D eigenvalue weighted by atomic mass is 9.98. The number of hydrogen-bond acceptors (Lipinski definition) is 8. The Balaban J connectivity index is 1.79. The van der Waals surface area contributed by atoms with Gasteiger partial charge in [-0.3, -0.25) is 19.2 Å². The van der Waals surface area contributed by atoms with E-state index in [2.05, 4.69) is 21.3 Å². The Labute approximate surface area is 304 Å². The Morgan fingerprint density at radius 3 is 2.00 bits per heavy atom. The summed E-state index contributed by atoms with van der Waals surface area (Å²) in [6.45, 7) is 0.683. The van der Waals surface area contributed by atoms with E-state index in [0.29, 0.717) is 23.2 Å². The van der Waals surface area contributed by atoms with E-state index < -0.39 is 79.0 Å². The smallest absolute Gasteiger partial charge is 0.382 e. The number of nitrogens with two attached hydrogens (primary N) is 1. The van der Waals surface area contributed by atoms with Crippen LogP contribution in [0.25, 0.3) is 11.1 Å². The summed E-state index contributed by atoms with van der Waals surface area (Å²) >= 11 is 1.45. The van der Waals surface area contributed by atoms with Gasteiger partial charge in [-0.1, -0.05) is 72.8 Å². The van der Waals surface area contributed by atoms with Crippen LogP contribution in [0.3, 0.4) is 0 Å². The number of carbonyl (C=O) groups excluding carboxylic acids is 5. The van der Waals surface area contributed by atoms with Gasteiger partial charge in [-0.05, 0) is 60.6 Å². The molecule has 3 aromatic carbocycles. The standard InChI is InChI=1S/C37H44F3N5O6S/c1-36(23-46,22-42-28(17-18-31(41)47)32(48)37(38,39)40)45-35(51)30(21-24-9-5-3-6-10-24)44-34(50)29(19-20-52-2)43-33(49)27-15-13-26(14-16-27)25-11-7-4-8-12-25/h3-16,23,28-30,32,42,48H,17-22H2,1-2H3,(H2,41,47)(H,43,49)(H,44,50)(H,45,51). The average molecular weight is 744 g/mol. The highest BCUT2D eigenvalue weighted by Crippen LogP contribution is 2.25. The highest BCUT2D eigenvalue weighted by Gasteiger charge is 2.44. The summed E-state index contributed by atoms with van der Waals surface area (Å²) in [7, 11) is 0. The van der Waals surface area contributed by atoms with Crippen LogP contribution in [-0.2, 0) is 25.6 Å². The summed E-state index contributed by atoms with van der Waals surface area (Å²) in [6.07, 6.45) is -6.56. The zero-order valence-electron chi connectivity index (χ0n) is 28.8. The number of aliphatic hydroxyl groups excluding tert-OH is 1. The average Bonchev–Trinajstić information content (AvgIpc) is 3.13. The van der Waals surface area contributed by atoms with Gasteiger partial charge in [0.05, 0.1) is 0 Å². The first-order valence-corrected chi connectivity index (χ1v) is 17.9. The van der Waals surface area contributed by atoms with Crippen LogP contribution in [0, 0.1) is 0 Å². The zero-order valence-corrected chi connectivity index (χ0v) is 29.6. The first-order chi connectivity index (χ1) is 24.7. The Morgan fingerprint density at radius 1 is 0.846 bits per heavy atom. The van der Waals surface area contributed by atoms with Gasteiger partial charge in [-0.15, -0.1) is 0 Å². The minimum absolute atomic E-state index is 0.0288. The second-order valence-electron chi connectivity index (χ2n) is 12.5. The van der Waals surface area contributed by atoms with Crippen molar-refractivity contribution in [2.24, 2.45) is 5.73 Å². The molecule has 280 valence electrons. The SMILES string of the molecule is CSCCC(NC(=O)c1ccc(-c2ccccc2)cc1)C(=O)NC(Cc1ccccc1)C(=O)NC(C)(C=O)CNC(CCC(N)=O)C(O)C(F)(F)F. The molecule has 15 heteroatoms. The number of rotatable bonds is 20. The largest absolute Gasteiger partial charge is 0.415 e. The summed E-state index contributed by atoms with van der Waals surface area (Å²) < 4.78 is 40.1. The van der Waals surface area contributed by atoms with Crippen molar-refractivity contribution >= 4 is 41.7 Å². The van der Waals surface area contributed by atoms with E-state index in [4.69, 9.17) is 5.73 Å². The lowest BCUT2D eigenvalue weighted by Gasteiger charge is -2.32. The number of carbonyl (C=O) groups is 5. The van der Waals surface area contributed by atoms with E-state index in [9.17, 15) is 42.3 Å². The monoisotopic (exact) mass is 743 g/mol. The van der Waals surface area contributed by atoms with E-state index in [1.165, 1.54) is 18.7 Å². The molecule has 0 spiro atoms. The Kier molecular flexibility index (Phi) is 15.8. The molecule has 4 amide bonds. The molecule has 52 heavy (non-hydrogen) atoms. The van der Waals surface area contributed by atoms with Gasteiger partial charge >= 0.3 is 6.18 Å². The van der Waals surface area contributed by atoms with Crippen molar-refractivity contribution in [2.75, 3.05) is 18.6 Å². The molecule has 0 aromatic heterocycles. The van der Waals surface area contributed by atoms with Gasteiger partial charge in [0.1, 0.15) is 23.9 Å². The van der Waals surface area contributed by atoms with Crippen LogP contribution in [0.5, 0.6) is 0 Å². The van der Waals surface area contributed by atoms with Crippen LogP contribution >= 0.6 is 11.8 Å². The summed E-state index contributed by atoms with van der Waals surface area (Å²) in [5.74, 6) is -2.39. The number of aldehydes is 1. The Hall–Kier alpha value is -4.73. The second kappa shape index (κ2) is 19.8. The summed E-state index contributed by atoms with van der Waals surface area (Å²) in [5, 5.41) is 20.3. The topological polar surface area (TPSA) is 180 Å². The maximum absolute atomic E-state index is 13.7. The third-order valence-electron chi connectivity index (χ3n) is 8.22. The molecule has 7 N–H and O–H groups in total. The van der Waals surface area contributed by atoms with Crippen LogP contribution in [0.1, 0.15) is 42.1 Å². The van der Waals surface area contributed by atoms with Crippen LogP contribution in [-0.4, -0.2) is 89.5 Å². The fraction of sp³-hybridized carbons (Fsp3) is 0.378. The third kappa shape index (κ3) is 13.1. The van der Waals surface area contributed by atoms with E-state index in [-0.39, 0.29) is 12.8 Å². The number of alkyl halides is 3. The Bertz CT molecular complexity index is 1630. The van der Waals surface area contributed by atoms with Gasteiger partial charge in [0.2, 0.25) is 17.7 Å². The molecule has 11 nitrogen and oxygen atoms in total. The molecule has 3 rings (SSSR count). The zero-order chi connectivity index (χ0) is 38.3. The summed E-state index contributed by atoms with van der Waals surface area (Å²) in [6, 6.07) is 21.1. The maximum Gasteiger partial charge on any atom is 0.415 e. The van der Waals surface area contributed by atoms with Crippen molar-refractivity contribution in [3.05, 3.63) is 96.1 Å². The van der Waals surface area contributed by atoms with E-state index in [0.717, 1.165) is 11.1 Å². The number of hydrogen-bond donors (Lipinski definition) is 6. The highest BCUT2D eigenvalue weighted by atomic mass is 32.2. The molecule has 0 fully saturated rings. The summed E-state index contributed by atoms with van der Waals surface area (Å²) in [4.78, 5) is 64.3. The van der Waals surface area contributed by atoms with Crippen molar-refractivity contribution in [3.63, 3.8) is 0 Å². The van der Waals surface area contributed by atoms with Crippen LogP contribution in [0.15, 0.2) is 84.9 Å². The quantitative estimate of drug-likeness (QED) is 0.0956. The molecule has 5 atom stereocenters. The molecular weight excluding hydrogens is 699 g/mol. The van der Waals surface area contributed by atoms with Crippen LogP contribution in [0.4, 0.5) is 13.2 Å². The minimum atomic E-state index is -5.05. The number of amides is 4. The molecule has 0 aliphatic carbocycles. The molecular formula is C37H44F3N5O6S. The van der Waals surface area contributed by atoms with Gasteiger partial charge in [0, 0.05) is 31.0 Å². The fourth-order valence-electron chi connectivity index (χ4n) is 5.25. The number of primary amides is 1. The lowest BCUT2D eigenvalue weighted by molar-refractivity contribution is -0.213. The number of thioether (sulfide) groups is 1. The second-order valence-corrected chi connectivity index (χ2v) is 13.5. The van der Waals surface area contributed by atoms with E-state index in [1.54, 1.807) is 54.6 Å². The molecule has 0 radical (unpaired) electrons. The number of nitrogens with one attached hydrogen (secondary N) is 4. The van der Waals surface area contributed by atoms with Crippen molar-refractivity contribution in [3.8, 4) is 11.1 Å². The number of benzene rings is 3. The maximum atomic E-state index is 13.7. The molecule has 3 aromatic rings. The van der Waals surface area contributed by atoms with Crippen LogP contribution < -0.4 is 27.0 Å². The van der Waals surface area contributed by atoms with Gasteiger partial charge in [-0.25, -0.2) is 0 Å². The van der Waals surface area contributed by atoms with Gasteiger partial charge in [0.15, 0.2) is 6.10 Å². The Morgan fingerprint density at radius 2 is 1.44 bits per heavy atom. The predicted molar refractivity (Wildman–Crippen MR) is 193 cm³/mol. The van der Waals surface area contributed by atoms with Crippen LogP contribution in [0.2, 0.25) is 0 Å². The van der Waals surface area contributed by atoms with E-state index in [1.807, 2.05) is 36.6 Å². The summed E-state index contributed by atoms with van der Waals surface area (Å²) in [5.41, 5.74) is 6.11. The van der Waals surface area contributed by atoms with E-state index >= 15 is 0 Å². The van der Waals surface area contributed by atoms with Crippen molar-refractivity contribution < 1.29 is 42.3 Å². The van der Waals surface area contributed by atoms with Gasteiger partial charge in [0.25, 0.3) is 5.91 Å². The first kappa shape index (κ1) is 41.7. The lowest BCUT2D eigenvalue weighted by Crippen LogP contribution is -2.62. The molecule has 0 aliphatic rings. The first-order valence-electron chi connectivity index (χ1n) is 16.5. The third-order valence-corrected chi connectivity index (χ3v) is 8.86. The molecule has 0 saturated carbocycles. The van der Waals surface area contributed by atoms with Crippen molar-refractivity contribution in [2.45, 2.75) is 68.6 Å². The molecule has 5 unspecified atom stereocenters. The molecule has 0 heterocycles.